The highest BCUT2D eigenvalue weighted by atomic mass is 35.5. The monoisotopic (exact) mass is 299 g/mol. The second-order valence-corrected chi connectivity index (χ2v) is 6.20. The Balaban J connectivity index is 1.80. The molecule has 0 radical (unpaired) electrons. The fourth-order valence-electron chi connectivity index (χ4n) is 2.73. The molecule has 1 aliphatic heterocycles. The number of carbonyl (C=O) groups is 1. The zero-order valence-corrected chi connectivity index (χ0v) is 13.0. The summed E-state index contributed by atoms with van der Waals surface area (Å²) in [6, 6.07) is 14.6. The molecule has 1 heterocycles. The Morgan fingerprint density at radius 3 is 2.62 bits per heavy atom. The maximum atomic E-state index is 11.7. The van der Waals surface area contributed by atoms with E-state index in [-0.39, 0.29) is 11.3 Å². The van der Waals surface area contributed by atoms with Crippen molar-refractivity contribution < 1.29 is 4.79 Å². The van der Waals surface area contributed by atoms with Gasteiger partial charge in [0.2, 0.25) is 5.91 Å². The van der Waals surface area contributed by atoms with Crippen molar-refractivity contribution in [1.82, 2.24) is 0 Å². The average Bonchev–Trinajstić information content (AvgIpc) is 2.76. The van der Waals surface area contributed by atoms with Crippen LogP contribution in [-0.4, -0.2) is 13.0 Å². The lowest BCUT2D eigenvalue weighted by Crippen LogP contribution is -2.20. The minimum atomic E-state index is -0.0704. The third-order valence-electron chi connectivity index (χ3n) is 4.08. The highest BCUT2D eigenvalue weighted by Crippen LogP contribution is 2.33. The Morgan fingerprint density at radius 1 is 1.19 bits per heavy atom. The molecule has 0 aliphatic carbocycles. The molecule has 1 aliphatic rings. The van der Waals surface area contributed by atoms with Crippen molar-refractivity contribution in [3.63, 3.8) is 0 Å². The lowest BCUT2D eigenvalue weighted by atomic mass is 10.0. The Labute approximate surface area is 130 Å². The van der Waals surface area contributed by atoms with Gasteiger partial charge in [0.05, 0.1) is 11.8 Å². The second kappa shape index (κ2) is 5.53. The summed E-state index contributed by atoms with van der Waals surface area (Å²) in [5.74, 6) is 0.145. The van der Waals surface area contributed by atoms with E-state index in [1.54, 1.807) is 4.90 Å². The third kappa shape index (κ3) is 2.81. The summed E-state index contributed by atoms with van der Waals surface area (Å²) < 4.78 is 0. The zero-order chi connectivity index (χ0) is 15.0. The second-order valence-electron chi connectivity index (χ2n) is 5.67. The van der Waals surface area contributed by atoms with Gasteiger partial charge in [0.1, 0.15) is 0 Å². The molecular weight excluding hydrogens is 282 g/mol. The van der Waals surface area contributed by atoms with Crippen LogP contribution in [0.5, 0.6) is 0 Å². The van der Waals surface area contributed by atoms with Gasteiger partial charge in [0.15, 0.2) is 0 Å². The molecule has 0 fully saturated rings. The van der Waals surface area contributed by atoms with Gasteiger partial charge in [-0.1, -0.05) is 42.0 Å². The SMILES string of the molecule is Cc1ccc(CC(Cl)c2ccc3c(c2)CC(=O)N3C)cc1. The van der Waals surface area contributed by atoms with Crippen LogP contribution in [0, 0.1) is 6.92 Å². The van der Waals surface area contributed by atoms with E-state index in [2.05, 4.69) is 37.3 Å². The topological polar surface area (TPSA) is 20.3 Å². The van der Waals surface area contributed by atoms with Crippen LogP contribution >= 0.6 is 11.6 Å². The number of hydrogen-bond donors (Lipinski definition) is 0. The summed E-state index contributed by atoms with van der Waals surface area (Å²) in [5.41, 5.74) is 5.65. The normalized spacial score (nSPS) is 15.2. The number of carbonyl (C=O) groups excluding carboxylic acids is 1. The molecule has 108 valence electrons. The predicted octanol–water partition coefficient (Wildman–Crippen LogP) is 4.04. The van der Waals surface area contributed by atoms with Gasteiger partial charge in [-0.15, -0.1) is 11.6 Å². The van der Waals surface area contributed by atoms with Gasteiger partial charge in [-0.3, -0.25) is 4.79 Å². The van der Waals surface area contributed by atoms with Gasteiger partial charge in [0, 0.05) is 12.7 Å². The summed E-state index contributed by atoms with van der Waals surface area (Å²) in [5, 5.41) is -0.0704. The maximum absolute atomic E-state index is 11.7. The number of alkyl halides is 1. The maximum Gasteiger partial charge on any atom is 0.231 e. The lowest BCUT2D eigenvalue weighted by Gasteiger charge is -2.14. The molecule has 0 aromatic heterocycles. The number of aryl methyl sites for hydroxylation is 1. The first-order chi connectivity index (χ1) is 10.0. The van der Waals surface area contributed by atoms with Gasteiger partial charge in [-0.25, -0.2) is 0 Å². The Kier molecular flexibility index (Phi) is 3.73. The van der Waals surface area contributed by atoms with E-state index in [1.165, 1.54) is 11.1 Å². The number of amides is 1. The van der Waals surface area contributed by atoms with Crippen molar-refractivity contribution in [2.45, 2.75) is 25.1 Å². The molecule has 0 bridgehead atoms. The summed E-state index contributed by atoms with van der Waals surface area (Å²) in [6.07, 6.45) is 1.28. The molecule has 2 aromatic rings. The van der Waals surface area contributed by atoms with E-state index in [4.69, 9.17) is 11.6 Å². The van der Waals surface area contributed by atoms with E-state index in [9.17, 15) is 4.79 Å². The molecule has 1 amide bonds. The van der Waals surface area contributed by atoms with Crippen LogP contribution in [-0.2, 0) is 17.6 Å². The number of rotatable bonds is 3. The molecular formula is C18H18ClNO. The van der Waals surface area contributed by atoms with Crippen LogP contribution in [0.3, 0.4) is 0 Å². The lowest BCUT2D eigenvalue weighted by molar-refractivity contribution is -0.117. The molecule has 1 atom stereocenters. The van der Waals surface area contributed by atoms with Crippen molar-refractivity contribution in [3.8, 4) is 0 Å². The Morgan fingerprint density at radius 2 is 1.90 bits per heavy atom. The molecule has 21 heavy (non-hydrogen) atoms. The van der Waals surface area contributed by atoms with E-state index in [0.717, 1.165) is 23.2 Å². The highest BCUT2D eigenvalue weighted by molar-refractivity contribution is 6.21. The molecule has 0 saturated carbocycles. The average molecular weight is 300 g/mol. The largest absolute Gasteiger partial charge is 0.315 e. The fraction of sp³-hybridized carbons (Fsp3) is 0.278. The van der Waals surface area contributed by atoms with Crippen LogP contribution < -0.4 is 4.90 Å². The molecule has 0 saturated heterocycles. The van der Waals surface area contributed by atoms with Crippen LogP contribution in [0.1, 0.15) is 27.6 Å². The molecule has 2 nitrogen and oxygen atoms in total. The zero-order valence-electron chi connectivity index (χ0n) is 12.3. The number of benzene rings is 2. The minimum Gasteiger partial charge on any atom is -0.315 e. The van der Waals surface area contributed by atoms with E-state index >= 15 is 0 Å². The molecule has 3 heteroatoms. The van der Waals surface area contributed by atoms with Crippen molar-refractivity contribution in [2.75, 3.05) is 11.9 Å². The van der Waals surface area contributed by atoms with E-state index in [1.807, 2.05) is 19.2 Å². The van der Waals surface area contributed by atoms with Crippen molar-refractivity contribution in [2.24, 2.45) is 0 Å². The molecule has 0 spiro atoms. The van der Waals surface area contributed by atoms with Crippen molar-refractivity contribution in [3.05, 3.63) is 64.7 Å². The van der Waals surface area contributed by atoms with Gasteiger partial charge in [-0.05, 0) is 36.1 Å². The van der Waals surface area contributed by atoms with Crippen molar-refractivity contribution in [1.29, 1.82) is 0 Å². The van der Waals surface area contributed by atoms with Gasteiger partial charge < -0.3 is 4.90 Å². The Hall–Kier alpha value is -1.80. The summed E-state index contributed by atoms with van der Waals surface area (Å²) in [4.78, 5) is 13.4. The van der Waals surface area contributed by atoms with Gasteiger partial charge >= 0.3 is 0 Å². The number of hydrogen-bond acceptors (Lipinski definition) is 1. The molecule has 2 aromatic carbocycles. The highest BCUT2D eigenvalue weighted by Gasteiger charge is 2.24. The predicted molar refractivity (Wildman–Crippen MR) is 87.0 cm³/mol. The number of nitrogens with zero attached hydrogens (tertiary/aromatic N) is 1. The number of fused-ring (bicyclic) bond motifs is 1. The Bertz CT molecular complexity index is 678. The quantitative estimate of drug-likeness (QED) is 0.783. The first-order valence-corrected chi connectivity index (χ1v) is 7.57. The fourth-order valence-corrected chi connectivity index (χ4v) is 3.05. The van der Waals surface area contributed by atoms with Gasteiger partial charge in [0.25, 0.3) is 0 Å². The number of anilines is 1. The van der Waals surface area contributed by atoms with Crippen LogP contribution in [0.4, 0.5) is 5.69 Å². The molecule has 1 unspecified atom stereocenters. The van der Waals surface area contributed by atoms with Gasteiger partial charge in [-0.2, -0.15) is 0 Å². The van der Waals surface area contributed by atoms with Crippen molar-refractivity contribution >= 4 is 23.2 Å². The molecule has 3 rings (SSSR count). The molecule has 0 N–H and O–H groups in total. The minimum absolute atomic E-state index is 0.0704. The summed E-state index contributed by atoms with van der Waals surface area (Å²) >= 11 is 6.56. The smallest absolute Gasteiger partial charge is 0.231 e. The first kappa shape index (κ1) is 14.2. The summed E-state index contributed by atoms with van der Waals surface area (Å²) in [6.45, 7) is 2.08. The summed E-state index contributed by atoms with van der Waals surface area (Å²) in [7, 11) is 1.82. The standard InChI is InChI=1S/C18H18ClNO/c1-12-3-5-13(6-4-12)9-16(19)14-7-8-17-15(10-14)11-18(21)20(17)2/h3-8,10,16H,9,11H2,1-2H3. The van der Waals surface area contributed by atoms with E-state index in [0.29, 0.717) is 6.42 Å². The van der Waals surface area contributed by atoms with Crippen LogP contribution in [0.2, 0.25) is 0 Å². The van der Waals surface area contributed by atoms with E-state index < -0.39 is 0 Å². The third-order valence-corrected chi connectivity index (χ3v) is 4.48. The first-order valence-electron chi connectivity index (χ1n) is 7.13. The van der Waals surface area contributed by atoms with Crippen LogP contribution in [0.25, 0.3) is 0 Å². The number of likely N-dealkylation sites (N-methyl/N-ethyl adjacent to an activating group) is 1. The van der Waals surface area contributed by atoms with Crippen LogP contribution in [0.15, 0.2) is 42.5 Å². The number of halogens is 1.